The second-order valence-electron chi connectivity index (χ2n) is 10.2. The van der Waals surface area contributed by atoms with E-state index in [0.29, 0.717) is 42.7 Å². The van der Waals surface area contributed by atoms with Crippen LogP contribution < -0.4 is 9.64 Å². The molecule has 0 saturated heterocycles. The number of rotatable bonds is 5. The molecule has 170 valence electrons. The first-order valence-corrected chi connectivity index (χ1v) is 11.6. The van der Waals surface area contributed by atoms with Crippen molar-refractivity contribution in [3.63, 3.8) is 0 Å². The molecular formula is C26H29N5O2. The van der Waals surface area contributed by atoms with Crippen LogP contribution in [0.4, 0.5) is 5.69 Å². The number of amidine groups is 1. The molecule has 1 aromatic carbocycles. The molecule has 0 bridgehead atoms. The maximum atomic E-state index is 13.4. The lowest BCUT2D eigenvalue weighted by molar-refractivity contribution is 0.0962. The van der Waals surface area contributed by atoms with Crippen LogP contribution in [0.1, 0.15) is 72.4 Å². The van der Waals surface area contributed by atoms with E-state index in [1.807, 2.05) is 17.0 Å². The highest BCUT2D eigenvalue weighted by Crippen LogP contribution is 2.42. The molecule has 7 heteroatoms. The highest BCUT2D eigenvalue weighted by molar-refractivity contribution is 6.05. The summed E-state index contributed by atoms with van der Waals surface area (Å²) < 4.78 is 6.01. The summed E-state index contributed by atoms with van der Waals surface area (Å²) in [6, 6.07) is 10.1. The summed E-state index contributed by atoms with van der Waals surface area (Å²) in [4.78, 5) is 21.9. The van der Waals surface area contributed by atoms with Crippen LogP contribution in [0, 0.1) is 16.7 Å². The molecular weight excluding hydrogens is 414 g/mol. The fourth-order valence-corrected chi connectivity index (χ4v) is 4.62. The number of Topliss-reactive ketones (excluding diaryl/α,β-unsaturated/α-hetero) is 1. The van der Waals surface area contributed by atoms with Crippen molar-refractivity contribution in [1.82, 2.24) is 9.88 Å². The molecule has 3 heterocycles. The van der Waals surface area contributed by atoms with Crippen LogP contribution in [0.3, 0.4) is 0 Å². The maximum absolute atomic E-state index is 13.4. The van der Waals surface area contributed by atoms with Crippen LogP contribution in [0.5, 0.6) is 5.75 Å². The highest BCUT2D eigenvalue weighted by atomic mass is 16.5. The first-order chi connectivity index (χ1) is 15.8. The molecule has 0 radical (unpaired) electrons. The number of aromatic nitrogens is 1. The summed E-state index contributed by atoms with van der Waals surface area (Å²) in [5, 5.41) is 17.9. The van der Waals surface area contributed by atoms with E-state index in [9.17, 15) is 10.1 Å². The van der Waals surface area contributed by atoms with E-state index >= 15 is 0 Å². The van der Waals surface area contributed by atoms with Crippen LogP contribution in [0.15, 0.2) is 24.3 Å². The average molecular weight is 444 g/mol. The van der Waals surface area contributed by atoms with Crippen LogP contribution >= 0.6 is 0 Å². The van der Waals surface area contributed by atoms with Gasteiger partial charge in [0.05, 0.1) is 24.8 Å². The van der Waals surface area contributed by atoms with Crippen molar-refractivity contribution in [2.24, 2.45) is 0 Å². The summed E-state index contributed by atoms with van der Waals surface area (Å²) in [6.07, 6.45) is 2.34. The fourth-order valence-electron chi connectivity index (χ4n) is 4.62. The van der Waals surface area contributed by atoms with Crippen molar-refractivity contribution in [2.75, 3.05) is 31.1 Å². The van der Waals surface area contributed by atoms with Gasteiger partial charge in [-0.3, -0.25) is 10.2 Å². The van der Waals surface area contributed by atoms with Crippen molar-refractivity contribution in [3.8, 4) is 11.8 Å². The van der Waals surface area contributed by atoms with Crippen LogP contribution in [0.2, 0.25) is 0 Å². The van der Waals surface area contributed by atoms with Crippen molar-refractivity contribution in [2.45, 2.75) is 51.5 Å². The Morgan fingerprint density at radius 3 is 2.76 bits per heavy atom. The quantitative estimate of drug-likeness (QED) is 0.555. The van der Waals surface area contributed by atoms with E-state index in [1.54, 1.807) is 4.90 Å². The lowest BCUT2D eigenvalue weighted by Crippen LogP contribution is -2.35. The minimum atomic E-state index is -0.226. The van der Waals surface area contributed by atoms with Crippen molar-refractivity contribution >= 4 is 17.3 Å². The molecule has 1 fully saturated rings. The lowest BCUT2D eigenvalue weighted by atomic mass is 9.84. The van der Waals surface area contributed by atoms with Gasteiger partial charge in [0.1, 0.15) is 30.4 Å². The van der Waals surface area contributed by atoms with Gasteiger partial charge in [0.2, 0.25) is 0 Å². The molecule has 1 aromatic heterocycles. The number of carbonyl (C=O) groups is 1. The highest BCUT2D eigenvalue weighted by Gasteiger charge is 2.33. The minimum Gasteiger partial charge on any atom is -0.489 e. The number of nitriles is 1. The predicted octanol–water partition coefficient (Wildman–Crippen LogP) is 4.00. The summed E-state index contributed by atoms with van der Waals surface area (Å²) in [6.45, 7) is 8.32. The molecule has 0 atom stereocenters. The SMILES string of the molecule is CC(C)(C)c1cc(C(=O)CN2Cc3ccc(C4CC4)nc3C2=N)cc2c1OCCN2CC#N. The van der Waals surface area contributed by atoms with E-state index in [-0.39, 0.29) is 24.3 Å². The normalized spacial score (nSPS) is 17.3. The van der Waals surface area contributed by atoms with Gasteiger partial charge in [-0.2, -0.15) is 5.26 Å². The molecule has 1 aliphatic carbocycles. The van der Waals surface area contributed by atoms with Crippen LogP contribution in [-0.2, 0) is 12.0 Å². The second-order valence-corrected chi connectivity index (χ2v) is 10.2. The van der Waals surface area contributed by atoms with Gasteiger partial charge in [-0.05, 0) is 36.5 Å². The summed E-state index contributed by atoms with van der Waals surface area (Å²) in [5.74, 6) is 1.57. The maximum Gasteiger partial charge on any atom is 0.182 e. The number of ketones is 1. The van der Waals surface area contributed by atoms with E-state index in [0.717, 1.165) is 28.3 Å². The molecule has 0 spiro atoms. The van der Waals surface area contributed by atoms with Crippen molar-refractivity contribution in [1.29, 1.82) is 10.7 Å². The van der Waals surface area contributed by atoms with E-state index in [1.165, 1.54) is 12.8 Å². The molecule has 7 nitrogen and oxygen atoms in total. The van der Waals surface area contributed by atoms with Gasteiger partial charge >= 0.3 is 0 Å². The van der Waals surface area contributed by atoms with Crippen molar-refractivity contribution in [3.05, 3.63) is 52.3 Å². The number of ether oxygens (including phenoxy) is 1. The molecule has 0 amide bonds. The zero-order valence-corrected chi connectivity index (χ0v) is 19.4. The predicted molar refractivity (Wildman–Crippen MR) is 126 cm³/mol. The van der Waals surface area contributed by atoms with Gasteiger partial charge in [0, 0.05) is 34.8 Å². The third kappa shape index (κ3) is 3.95. The Kier molecular flexibility index (Phi) is 5.12. The molecule has 1 N–H and O–H groups in total. The average Bonchev–Trinajstić information content (AvgIpc) is 3.58. The topological polar surface area (TPSA) is 93.3 Å². The monoisotopic (exact) mass is 443 g/mol. The van der Waals surface area contributed by atoms with Crippen LogP contribution in [-0.4, -0.2) is 47.7 Å². The fraction of sp³-hybridized carbons (Fsp3) is 0.462. The first-order valence-electron chi connectivity index (χ1n) is 11.6. The number of fused-ring (bicyclic) bond motifs is 2. The summed E-state index contributed by atoms with van der Waals surface area (Å²) >= 11 is 0. The number of hydrogen-bond donors (Lipinski definition) is 1. The Balaban J connectivity index is 1.43. The standard InChI is InChI=1S/C26H29N5O2/c1-26(2,3)19-12-18(13-21-24(19)33-11-10-30(21)9-8-27)22(32)15-31-14-17-6-7-20(16-4-5-16)29-23(17)25(31)28/h6-7,12-13,16,28H,4-5,9-11,14-15H2,1-3H3. The number of hydrogen-bond acceptors (Lipinski definition) is 6. The third-order valence-corrected chi connectivity index (χ3v) is 6.64. The Morgan fingerprint density at radius 2 is 2.06 bits per heavy atom. The molecule has 33 heavy (non-hydrogen) atoms. The third-order valence-electron chi connectivity index (χ3n) is 6.64. The lowest BCUT2D eigenvalue weighted by Gasteiger charge is -2.34. The number of nitrogens with zero attached hydrogens (tertiary/aromatic N) is 4. The molecule has 5 rings (SSSR count). The number of nitrogens with one attached hydrogen (secondary N) is 1. The molecule has 2 aliphatic heterocycles. The molecule has 0 unspecified atom stereocenters. The van der Waals surface area contributed by atoms with E-state index < -0.39 is 0 Å². The molecule has 1 saturated carbocycles. The van der Waals surface area contributed by atoms with Gasteiger partial charge in [0.15, 0.2) is 5.78 Å². The number of pyridine rings is 1. The number of carbonyl (C=O) groups excluding carboxylic acids is 1. The molecule has 2 aromatic rings. The Bertz CT molecular complexity index is 1190. The minimum absolute atomic E-state index is 0.0502. The van der Waals surface area contributed by atoms with E-state index in [2.05, 4.69) is 39.0 Å². The van der Waals surface area contributed by atoms with E-state index in [4.69, 9.17) is 15.1 Å². The Hall–Kier alpha value is -3.40. The van der Waals surface area contributed by atoms with Gasteiger partial charge in [0.25, 0.3) is 0 Å². The van der Waals surface area contributed by atoms with Gasteiger partial charge < -0.3 is 14.5 Å². The summed E-state index contributed by atoms with van der Waals surface area (Å²) in [5.41, 5.74) is 4.90. The number of benzene rings is 1. The van der Waals surface area contributed by atoms with Gasteiger partial charge in [-0.15, -0.1) is 0 Å². The zero-order valence-electron chi connectivity index (χ0n) is 19.4. The zero-order chi connectivity index (χ0) is 23.3. The molecule has 3 aliphatic rings. The Morgan fingerprint density at radius 1 is 1.27 bits per heavy atom. The van der Waals surface area contributed by atoms with Gasteiger partial charge in [-0.25, -0.2) is 4.98 Å². The van der Waals surface area contributed by atoms with Crippen molar-refractivity contribution < 1.29 is 9.53 Å². The second kappa shape index (κ2) is 7.87. The van der Waals surface area contributed by atoms with Crippen LogP contribution in [0.25, 0.3) is 0 Å². The largest absolute Gasteiger partial charge is 0.489 e. The smallest absolute Gasteiger partial charge is 0.182 e. The first kappa shape index (κ1) is 21.4. The van der Waals surface area contributed by atoms with Gasteiger partial charge in [-0.1, -0.05) is 26.8 Å². The summed E-state index contributed by atoms with van der Waals surface area (Å²) in [7, 11) is 0. The number of anilines is 1. The Labute approximate surface area is 194 Å².